The second-order valence-electron chi connectivity index (χ2n) is 16.3. The Balaban J connectivity index is 4.58. The Labute approximate surface area is 360 Å². The number of carbonyl (C=O) groups excluding carboxylic acids is 2. The monoisotopic (exact) mass is 851 g/mol. The first-order chi connectivity index (χ1) is 28.4. The fourth-order valence-electron chi connectivity index (χ4n) is 5.68. The van der Waals surface area contributed by atoms with E-state index in [2.05, 4.69) is 62.5 Å². The Morgan fingerprint density at radius 2 is 1.12 bits per heavy atom. The maximum Gasteiger partial charge on any atom is 0.472 e. The van der Waals surface area contributed by atoms with Crippen LogP contribution in [0.5, 0.6) is 0 Å². The van der Waals surface area contributed by atoms with Gasteiger partial charge in [-0.1, -0.05) is 145 Å². The molecule has 0 saturated carbocycles. The molecule has 0 fully saturated rings. The van der Waals surface area contributed by atoms with E-state index < -0.39 is 38.6 Å². The summed E-state index contributed by atoms with van der Waals surface area (Å²) in [4.78, 5) is 35.4. The minimum atomic E-state index is -4.44. The van der Waals surface area contributed by atoms with Gasteiger partial charge in [0.05, 0.1) is 33.9 Å². The van der Waals surface area contributed by atoms with E-state index in [1.165, 1.54) is 64.2 Å². The number of rotatable bonds is 40. The van der Waals surface area contributed by atoms with Crippen LogP contribution in [0.15, 0.2) is 72.9 Å². The highest BCUT2D eigenvalue weighted by atomic mass is 31.2. The summed E-state index contributed by atoms with van der Waals surface area (Å²) in [5.41, 5.74) is 0. The van der Waals surface area contributed by atoms with E-state index in [9.17, 15) is 24.2 Å². The molecule has 0 heterocycles. The minimum absolute atomic E-state index is 0.00805. The van der Waals surface area contributed by atoms with Crippen LogP contribution >= 0.6 is 7.82 Å². The zero-order valence-corrected chi connectivity index (χ0v) is 38.7. The van der Waals surface area contributed by atoms with E-state index >= 15 is 0 Å². The number of phosphoric ester groups is 1. The summed E-state index contributed by atoms with van der Waals surface area (Å²) in [5.74, 6) is -1.03. The number of ether oxygens (including phenoxy) is 2. The molecular formula is C48H85NO9P+. The lowest BCUT2D eigenvalue weighted by Crippen LogP contribution is -2.37. The SMILES string of the molecule is CCCCC/C=C\C/C=C\C/C=C\CCCCCCC(=O)OC[C@H](COP(=O)(O)OCC[N+](C)(C)C)OC(=O)CCCC(O)/C=C/C=C/C/C=C/CCCCCCCC. The van der Waals surface area contributed by atoms with Crippen LogP contribution in [0.4, 0.5) is 0 Å². The molecule has 10 nitrogen and oxygen atoms in total. The molecule has 0 amide bonds. The third kappa shape index (κ3) is 43.3. The van der Waals surface area contributed by atoms with Crippen LogP contribution in [0.2, 0.25) is 0 Å². The standard InChI is InChI=1S/C48H84NO9P/c1-6-8-10-12-14-16-18-20-21-22-23-25-27-29-31-33-35-39-47(51)55-43-46(44-57-59(53,54)56-42-41-49(3,4)5)58-48(52)40-36-38-45(50)37-34-32-30-28-26-24-19-17-15-13-11-9-7-2/h14,16,20-21,23-26,30,32,34,37,45-46,50H,6-13,15,17-19,22,27-29,31,33,35-36,38-44H2,1-5H3/p+1/b16-14-,21-20-,25-23-,26-24+,32-30+,37-34+/t45?,46-/m1/s1. The third-order valence-electron chi connectivity index (χ3n) is 9.31. The van der Waals surface area contributed by atoms with Crippen LogP contribution in [0.3, 0.4) is 0 Å². The second-order valence-corrected chi connectivity index (χ2v) is 17.7. The summed E-state index contributed by atoms with van der Waals surface area (Å²) < 4.78 is 34.1. The molecule has 340 valence electrons. The molecule has 59 heavy (non-hydrogen) atoms. The molecule has 0 rings (SSSR count). The molecule has 2 N–H and O–H groups in total. The Hall–Kier alpha value is -2.59. The van der Waals surface area contributed by atoms with Gasteiger partial charge in [0, 0.05) is 12.8 Å². The van der Waals surface area contributed by atoms with E-state index in [-0.39, 0.29) is 26.1 Å². The van der Waals surface area contributed by atoms with Gasteiger partial charge in [-0.3, -0.25) is 18.6 Å². The minimum Gasteiger partial charge on any atom is -0.462 e. The molecule has 0 saturated heterocycles. The number of esters is 2. The van der Waals surface area contributed by atoms with Crippen molar-refractivity contribution in [1.29, 1.82) is 0 Å². The zero-order chi connectivity index (χ0) is 43.7. The molecule has 0 aliphatic heterocycles. The summed E-state index contributed by atoms with van der Waals surface area (Å²) in [7, 11) is 1.34. The number of quaternary nitrogens is 1. The Bertz CT molecular complexity index is 1250. The molecule has 0 aliphatic carbocycles. The maximum absolute atomic E-state index is 12.7. The van der Waals surface area contributed by atoms with Crippen molar-refractivity contribution in [2.75, 3.05) is 47.5 Å². The number of likely N-dealkylation sites (N-methyl/N-ethyl adjacent to an activating group) is 1. The lowest BCUT2D eigenvalue weighted by atomic mass is 10.1. The molecule has 0 aliphatic rings. The van der Waals surface area contributed by atoms with Crippen LogP contribution < -0.4 is 0 Å². The first kappa shape index (κ1) is 56.4. The Morgan fingerprint density at radius 1 is 0.610 bits per heavy atom. The number of hydrogen-bond acceptors (Lipinski definition) is 8. The average molecular weight is 851 g/mol. The number of aliphatic hydroxyl groups is 1. The molecule has 2 unspecified atom stereocenters. The second kappa shape index (κ2) is 39.5. The van der Waals surface area contributed by atoms with Crippen molar-refractivity contribution in [3.8, 4) is 0 Å². The van der Waals surface area contributed by atoms with Gasteiger partial charge in [0.15, 0.2) is 6.10 Å². The van der Waals surface area contributed by atoms with Gasteiger partial charge in [0.25, 0.3) is 0 Å². The number of hydrogen-bond donors (Lipinski definition) is 2. The van der Waals surface area contributed by atoms with E-state index in [0.29, 0.717) is 30.3 Å². The molecule has 0 aromatic rings. The number of phosphoric acid groups is 1. The van der Waals surface area contributed by atoms with Crippen molar-refractivity contribution >= 4 is 19.8 Å². The van der Waals surface area contributed by atoms with Crippen LogP contribution in [-0.4, -0.2) is 86.1 Å². The smallest absolute Gasteiger partial charge is 0.462 e. The largest absolute Gasteiger partial charge is 0.472 e. The fourth-order valence-corrected chi connectivity index (χ4v) is 6.42. The van der Waals surface area contributed by atoms with Crippen LogP contribution in [0.1, 0.15) is 162 Å². The molecule has 0 spiro atoms. The van der Waals surface area contributed by atoms with Crippen molar-refractivity contribution in [3.05, 3.63) is 72.9 Å². The van der Waals surface area contributed by atoms with Gasteiger partial charge in [-0.15, -0.1) is 0 Å². The summed E-state index contributed by atoms with van der Waals surface area (Å²) in [6.07, 6.45) is 45.5. The molecular weight excluding hydrogens is 765 g/mol. The van der Waals surface area contributed by atoms with Gasteiger partial charge in [-0.25, -0.2) is 4.57 Å². The van der Waals surface area contributed by atoms with Gasteiger partial charge in [-0.05, 0) is 77.0 Å². The van der Waals surface area contributed by atoms with Crippen molar-refractivity contribution in [3.63, 3.8) is 0 Å². The predicted molar refractivity (Wildman–Crippen MR) is 244 cm³/mol. The van der Waals surface area contributed by atoms with Crippen molar-refractivity contribution in [1.82, 2.24) is 0 Å². The number of unbranched alkanes of at least 4 members (excludes halogenated alkanes) is 13. The summed E-state index contributed by atoms with van der Waals surface area (Å²) in [6, 6.07) is 0. The van der Waals surface area contributed by atoms with E-state index in [1.54, 1.807) is 12.2 Å². The topological polar surface area (TPSA) is 129 Å². The first-order valence-electron chi connectivity index (χ1n) is 22.8. The highest BCUT2D eigenvalue weighted by Crippen LogP contribution is 2.43. The van der Waals surface area contributed by atoms with Crippen LogP contribution in [0.25, 0.3) is 0 Å². The molecule has 11 heteroatoms. The summed E-state index contributed by atoms with van der Waals surface area (Å²) in [6.45, 7) is 4.12. The number of aliphatic hydroxyl groups excluding tert-OH is 1. The van der Waals surface area contributed by atoms with E-state index in [4.69, 9.17) is 18.5 Å². The average Bonchev–Trinajstić information content (AvgIpc) is 3.18. The van der Waals surface area contributed by atoms with Gasteiger partial charge in [-0.2, -0.15) is 0 Å². The third-order valence-corrected chi connectivity index (χ3v) is 10.3. The van der Waals surface area contributed by atoms with Gasteiger partial charge >= 0.3 is 19.8 Å². The summed E-state index contributed by atoms with van der Waals surface area (Å²) >= 11 is 0. The van der Waals surface area contributed by atoms with Gasteiger partial charge in [0.2, 0.25) is 0 Å². The van der Waals surface area contributed by atoms with Crippen LogP contribution in [-0.2, 0) is 32.7 Å². The molecule has 0 aromatic heterocycles. The molecule has 0 radical (unpaired) electrons. The zero-order valence-electron chi connectivity index (χ0n) is 37.8. The number of nitrogens with zero attached hydrogens (tertiary/aromatic N) is 1. The van der Waals surface area contributed by atoms with Gasteiger partial charge < -0.3 is 24.0 Å². The first-order valence-corrected chi connectivity index (χ1v) is 24.3. The highest BCUT2D eigenvalue weighted by Gasteiger charge is 2.27. The van der Waals surface area contributed by atoms with Crippen molar-refractivity contribution < 1.29 is 47.2 Å². The lowest BCUT2D eigenvalue weighted by Gasteiger charge is -2.24. The van der Waals surface area contributed by atoms with Crippen molar-refractivity contribution in [2.24, 2.45) is 0 Å². The molecule has 3 atom stereocenters. The maximum atomic E-state index is 12.7. The van der Waals surface area contributed by atoms with Crippen molar-refractivity contribution in [2.45, 2.75) is 174 Å². The van der Waals surface area contributed by atoms with E-state index in [0.717, 1.165) is 51.4 Å². The Morgan fingerprint density at radius 3 is 1.73 bits per heavy atom. The Kier molecular flexibility index (Phi) is 37.8. The number of allylic oxidation sites excluding steroid dienone is 11. The normalized spacial score (nSPS) is 14.8. The highest BCUT2D eigenvalue weighted by molar-refractivity contribution is 7.47. The summed E-state index contributed by atoms with van der Waals surface area (Å²) in [5, 5.41) is 10.3. The number of carbonyl (C=O) groups is 2. The van der Waals surface area contributed by atoms with E-state index in [1.807, 2.05) is 33.3 Å². The van der Waals surface area contributed by atoms with Crippen LogP contribution in [0, 0.1) is 0 Å². The lowest BCUT2D eigenvalue weighted by molar-refractivity contribution is -0.870. The predicted octanol–water partition coefficient (Wildman–Crippen LogP) is 12.0. The van der Waals surface area contributed by atoms with Gasteiger partial charge in [0.1, 0.15) is 19.8 Å². The fraction of sp³-hybridized carbons (Fsp3) is 0.708. The molecule has 0 bridgehead atoms. The molecule has 0 aromatic carbocycles. The quantitative estimate of drug-likeness (QED) is 0.0155.